The summed E-state index contributed by atoms with van der Waals surface area (Å²) < 4.78 is 5.49. The van der Waals surface area contributed by atoms with Crippen LogP contribution in [0.15, 0.2) is 48.5 Å². The number of fused-ring (bicyclic) bond motifs is 3. The third-order valence-corrected chi connectivity index (χ3v) is 4.11. The Kier molecular flexibility index (Phi) is 5.64. The van der Waals surface area contributed by atoms with Crippen molar-refractivity contribution >= 4 is 18.5 Å². The van der Waals surface area contributed by atoms with Gasteiger partial charge in [0.1, 0.15) is 6.61 Å². The first-order chi connectivity index (χ1) is 10.7. The van der Waals surface area contributed by atoms with E-state index in [-0.39, 0.29) is 24.4 Å². The summed E-state index contributed by atoms with van der Waals surface area (Å²) in [7, 11) is 1.70. The summed E-state index contributed by atoms with van der Waals surface area (Å²) in [5, 5.41) is 0. The smallest absolute Gasteiger partial charge is 0.409 e. The van der Waals surface area contributed by atoms with Crippen LogP contribution in [0.2, 0.25) is 0 Å². The third kappa shape index (κ3) is 3.33. The molecule has 2 aromatic carbocycles. The van der Waals surface area contributed by atoms with Crippen LogP contribution in [0.1, 0.15) is 17.0 Å². The Balaban J connectivity index is 0.00000192. The summed E-state index contributed by atoms with van der Waals surface area (Å²) in [6, 6.07) is 16.6. The number of hydrogen-bond acceptors (Lipinski definition) is 3. The first kappa shape index (κ1) is 17.3. The highest BCUT2D eigenvalue weighted by Gasteiger charge is 2.29. The van der Waals surface area contributed by atoms with Gasteiger partial charge >= 0.3 is 6.09 Å². The average molecular weight is 333 g/mol. The highest BCUT2D eigenvalue weighted by atomic mass is 35.5. The number of carbonyl (C=O) groups excluding carboxylic acids is 1. The van der Waals surface area contributed by atoms with E-state index in [0.29, 0.717) is 19.7 Å². The molecule has 3 rings (SSSR count). The molecule has 2 N–H and O–H groups in total. The molecule has 4 nitrogen and oxygen atoms in total. The normalized spacial score (nSPS) is 12.1. The molecule has 1 amide bonds. The molecule has 122 valence electrons. The Bertz CT molecular complexity index is 645. The van der Waals surface area contributed by atoms with Crippen LogP contribution < -0.4 is 5.73 Å². The summed E-state index contributed by atoms with van der Waals surface area (Å²) in [5.74, 6) is 0.0997. The van der Waals surface area contributed by atoms with E-state index in [1.807, 2.05) is 24.3 Å². The van der Waals surface area contributed by atoms with Crippen LogP contribution in [0.25, 0.3) is 11.1 Å². The Morgan fingerprint density at radius 3 is 2.13 bits per heavy atom. The lowest BCUT2D eigenvalue weighted by Crippen LogP contribution is -2.33. The molecule has 0 fully saturated rings. The number of nitrogens with two attached hydrogens (primary N) is 1. The van der Waals surface area contributed by atoms with Crippen molar-refractivity contribution in [3.63, 3.8) is 0 Å². The molecule has 0 heterocycles. The maximum absolute atomic E-state index is 12.0. The number of amides is 1. The summed E-state index contributed by atoms with van der Waals surface area (Å²) >= 11 is 0. The summed E-state index contributed by atoms with van der Waals surface area (Å²) in [6.45, 7) is 1.28. The molecule has 0 aliphatic heterocycles. The molecule has 0 aromatic heterocycles. The van der Waals surface area contributed by atoms with Crippen LogP contribution in [0.3, 0.4) is 0 Å². The maximum atomic E-state index is 12.0. The van der Waals surface area contributed by atoms with Crippen molar-refractivity contribution < 1.29 is 9.53 Å². The monoisotopic (exact) mass is 332 g/mol. The van der Waals surface area contributed by atoms with E-state index < -0.39 is 0 Å². The molecule has 0 atom stereocenters. The van der Waals surface area contributed by atoms with Crippen molar-refractivity contribution in [2.75, 3.05) is 26.7 Å². The minimum atomic E-state index is -0.327. The predicted octanol–water partition coefficient (Wildman–Crippen LogP) is 3.25. The van der Waals surface area contributed by atoms with Crippen LogP contribution in [0, 0.1) is 0 Å². The molecule has 0 unspecified atom stereocenters. The van der Waals surface area contributed by atoms with Gasteiger partial charge in [0, 0.05) is 26.1 Å². The van der Waals surface area contributed by atoms with Crippen molar-refractivity contribution in [2.45, 2.75) is 5.92 Å². The Hall–Kier alpha value is -2.04. The quantitative estimate of drug-likeness (QED) is 0.935. The number of nitrogens with zero attached hydrogens (tertiary/aromatic N) is 1. The second-order valence-electron chi connectivity index (χ2n) is 5.51. The third-order valence-electron chi connectivity index (χ3n) is 4.11. The predicted molar refractivity (Wildman–Crippen MR) is 94.0 cm³/mol. The number of ether oxygens (including phenoxy) is 1. The molecule has 5 heteroatoms. The number of hydrogen-bond donors (Lipinski definition) is 1. The molecular weight excluding hydrogens is 312 g/mol. The van der Waals surface area contributed by atoms with Crippen molar-refractivity contribution in [3.05, 3.63) is 59.7 Å². The van der Waals surface area contributed by atoms with Gasteiger partial charge in [-0.25, -0.2) is 4.79 Å². The topological polar surface area (TPSA) is 55.6 Å². The zero-order valence-corrected chi connectivity index (χ0v) is 13.9. The fraction of sp³-hybridized carbons (Fsp3) is 0.278. The largest absolute Gasteiger partial charge is 0.448 e. The van der Waals surface area contributed by atoms with Gasteiger partial charge in [0.2, 0.25) is 0 Å². The van der Waals surface area contributed by atoms with Gasteiger partial charge in [-0.05, 0) is 22.3 Å². The minimum Gasteiger partial charge on any atom is -0.448 e. The van der Waals surface area contributed by atoms with E-state index in [1.165, 1.54) is 27.2 Å². The Morgan fingerprint density at radius 2 is 1.61 bits per heavy atom. The lowest BCUT2D eigenvalue weighted by molar-refractivity contribution is 0.109. The zero-order valence-electron chi connectivity index (χ0n) is 13.1. The molecule has 0 saturated carbocycles. The molecule has 23 heavy (non-hydrogen) atoms. The molecule has 1 aliphatic rings. The highest BCUT2D eigenvalue weighted by Crippen LogP contribution is 2.44. The standard InChI is InChI=1S/C18H20N2O2.ClH/c1-20(11-10-19)18(21)22-12-17-15-8-4-2-6-13(15)14-7-3-5-9-16(14)17;/h2-9,17H,10-12,19H2,1H3;1H. The fourth-order valence-electron chi connectivity index (χ4n) is 2.99. The Labute approximate surface area is 142 Å². The van der Waals surface area contributed by atoms with Crippen molar-refractivity contribution in [2.24, 2.45) is 5.73 Å². The lowest BCUT2D eigenvalue weighted by atomic mass is 9.98. The van der Waals surface area contributed by atoms with Crippen molar-refractivity contribution in [1.29, 1.82) is 0 Å². The van der Waals surface area contributed by atoms with Gasteiger partial charge < -0.3 is 15.4 Å². The van der Waals surface area contributed by atoms with E-state index in [9.17, 15) is 4.79 Å². The minimum absolute atomic E-state index is 0. The molecule has 0 radical (unpaired) electrons. The Morgan fingerprint density at radius 1 is 1.09 bits per heavy atom. The van der Waals surface area contributed by atoms with E-state index >= 15 is 0 Å². The molecular formula is C18H21ClN2O2. The van der Waals surface area contributed by atoms with Gasteiger partial charge in [-0.2, -0.15) is 0 Å². The summed E-state index contributed by atoms with van der Waals surface area (Å²) in [6.07, 6.45) is -0.327. The van der Waals surface area contributed by atoms with Crippen molar-refractivity contribution in [3.8, 4) is 11.1 Å². The van der Waals surface area contributed by atoms with E-state index in [0.717, 1.165) is 0 Å². The number of benzene rings is 2. The first-order valence-corrected chi connectivity index (χ1v) is 7.48. The number of halogens is 1. The zero-order chi connectivity index (χ0) is 15.5. The number of rotatable bonds is 4. The number of likely N-dealkylation sites (N-methyl/N-ethyl adjacent to an activating group) is 1. The molecule has 0 spiro atoms. The fourth-order valence-corrected chi connectivity index (χ4v) is 2.99. The second kappa shape index (κ2) is 7.49. The molecule has 0 bridgehead atoms. The van der Waals surface area contributed by atoms with Crippen LogP contribution >= 0.6 is 12.4 Å². The molecule has 1 aliphatic carbocycles. The molecule has 2 aromatic rings. The summed E-state index contributed by atoms with van der Waals surface area (Å²) in [4.78, 5) is 13.5. The average Bonchev–Trinajstić information content (AvgIpc) is 2.87. The number of carbonyl (C=O) groups is 1. The van der Waals surface area contributed by atoms with Gasteiger partial charge in [0.05, 0.1) is 0 Å². The lowest BCUT2D eigenvalue weighted by Gasteiger charge is -2.19. The van der Waals surface area contributed by atoms with Gasteiger partial charge in [-0.15, -0.1) is 12.4 Å². The summed E-state index contributed by atoms with van der Waals surface area (Å²) in [5.41, 5.74) is 10.4. The van der Waals surface area contributed by atoms with Crippen LogP contribution in [0.5, 0.6) is 0 Å². The van der Waals surface area contributed by atoms with E-state index in [2.05, 4.69) is 24.3 Å². The van der Waals surface area contributed by atoms with Crippen LogP contribution in [-0.4, -0.2) is 37.7 Å². The SMILES string of the molecule is CN(CCN)C(=O)OCC1c2ccccc2-c2ccccc21.Cl. The van der Waals surface area contributed by atoms with Crippen LogP contribution in [0.4, 0.5) is 4.79 Å². The van der Waals surface area contributed by atoms with Gasteiger partial charge in [0.15, 0.2) is 0 Å². The van der Waals surface area contributed by atoms with Crippen LogP contribution in [-0.2, 0) is 4.74 Å². The van der Waals surface area contributed by atoms with E-state index in [1.54, 1.807) is 7.05 Å². The van der Waals surface area contributed by atoms with Crippen molar-refractivity contribution in [1.82, 2.24) is 4.90 Å². The van der Waals surface area contributed by atoms with E-state index in [4.69, 9.17) is 10.5 Å². The second-order valence-corrected chi connectivity index (χ2v) is 5.51. The maximum Gasteiger partial charge on any atom is 0.409 e. The van der Waals surface area contributed by atoms with Gasteiger partial charge in [0.25, 0.3) is 0 Å². The van der Waals surface area contributed by atoms with Gasteiger partial charge in [-0.1, -0.05) is 48.5 Å². The molecule has 0 saturated heterocycles. The van der Waals surface area contributed by atoms with Gasteiger partial charge in [-0.3, -0.25) is 0 Å². The first-order valence-electron chi connectivity index (χ1n) is 7.48. The highest BCUT2D eigenvalue weighted by molar-refractivity contribution is 5.85.